The van der Waals surface area contributed by atoms with E-state index in [1.807, 2.05) is 12.1 Å². The SMILES string of the molecule is Nc1nc(N2CCCCCC2)nn1Cc1ccc(Br)cc1. The minimum Gasteiger partial charge on any atom is -0.368 e. The lowest BCUT2D eigenvalue weighted by atomic mass is 10.2. The van der Waals surface area contributed by atoms with Crippen LogP contribution in [0.5, 0.6) is 0 Å². The predicted molar refractivity (Wildman–Crippen MR) is 88.4 cm³/mol. The number of aromatic nitrogens is 3. The third kappa shape index (κ3) is 3.56. The van der Waals surface area contributed by atoms with Gasteiger partial charge in [-0.25, -0.2) is 4.68 Å². The van der Waals surface area contributed by atoms with Crippen molar-refractivity contribution in [2.45, 2.75) is 32.2 Å². The van der Waals surface area contributed by atoms with Crippen molar-refractivity contribution in [1.29, 1.82) is 0 Å². The molecule has 3 rings (SSSR count). The maximum absolute atomic E-state index is 6.02. The first-order chi connectivity index (χ1) is 10.2. The van der Waals surface area contributed by atoms with E-state index in [1.165, 1.54) is 25.7 Å². The Morgan fingerprint density at radius 1 is 1.05 bits per heavy atom. The number of hydrogen-bond donors (Lipinski definition) is 1. The molecule has 1 saturated heterocycles. The highest BCUT2D eigenvalue weighted by atomic mass is 79.9. The number of hydrogen-bond acceptors (Lipinski definition) is 4. The highest BCUT2D eigenvalue weighted by Crippen LogP contribution is 2.18. The molecule has 2 N–H and O–H groups in total. The molecule has 0 aliphatic carbocycles. The quantitative estimate of drug-likeness (QED) is 0.924. The van der Waals surface area contributed by atoms with Crippen molar-refractivity contribution in [2.24, 2.45) is 0 Å². The van der Waals surface area contributed by atoms with Crippen molar-refractivity contribution in [1.82, 2.24) is 14.8 Å². The van der Waals surface area contributed by atoms with Crippen LogP contribution in [0.3, 0.4) is 0 Å². The molecular formula is C15H20BrN5. The van der Waals surface area contributed by atoms with Crippen molar-refractivity contribution >= 4 is 27.8 Å². The molecule has 0 bridgehead atoms. The number of benzene rings is 1. The zero-order chi connectivity index (χ0) is 14.7. The standard InChI is InChI=1S/C15H20BrN5/c16-13-7-5-12(6-8-13)11-21-14(17)18-15(19-21)20-9-3-1-2-4-10-20/h5-8H,1-4,9-11H2,(H2,17,18,19). The summed E-state index contributed by atoms with van der Waals surface area (Å²) in [5.74, 6) is 1.25. The molecule has 6 heteroatoms. The Bertz CT molecular complexity index is 585. The molecule has 0 atom stereocenters. The molecule has 0 unspecified atom stereocenters. The first kappa shape index (κ1) is 14.4. The third-order valence-electron chi connectivity index (χ3n) is 3.82. The van der Waals surface area contributed by atoms with E-state index < -0.39 is 0 Å². The normalized spacial score (nSPS) is 16.0. The molecule has 0 amide bonds. The molecule has 0 radical (unpaired) electrons. The van der Waals surface area contributed by atoms with Gasteiger partial charge in [-0.05, 0) is 30.5 Å². The topological polar surface area (TPSA) is 60.0 Å². The molecule has 1 aliphatic heterocycles. The van der Waals surface area contributed by atoms with E-state index in [1.54, 1.807) is 4.68 Å². The fraction of sp³-hybridized carbons (Fsp3) is 0.467. The molecule has 1 fully saturated rings. The van der Waals surface area contributed by atoms with Crippen molar-refractivity contribution in [3.63, 3.8) is 0 Å². The van der Waals surface area contributed by atoms with Gasteiger partial charge < -0.3 is 10.6 Å². The first-order valence-corrected chi connectivity index (χ1v) is 8.21. The summed E-state index contributed by atoms with van der Waals surface area (Å²) >= 11 is 3.44. The smallest absolute Gasteiger partial charge is 0.246 e. The average molecular weight is 350 g/mol. The van der Waals surface area contributed by atoms with Crippen LogP contribution in [0.1, 0.15) is 31.2 Å². The largest absolute Gasteiger partial charge is 0.368 e. The van der Waals surface area contributed by atoms with Crippen LogP contribution in [-0.2, 0) is 6.54 Å². The van der Waals surface area contributed by atoms with Gasteiger partial charge >= 0.3 is 0 Å². The Kier molecular flexibility index (Phi) is 4.43. The number of nitrogens with zero attached hydrogens (tertiary/aromatic N) is 4. The minimum absolute atomic E-state index is 0.483. The number of rotatable bonds is 3. The van der Waals surface area contributed by atoms with Crippen LogP contribution in [0.15, 0.2) is 28.7 Å². The van der Waals surface area contributed by atoms with Gasteiger partial charge in [0.25, 0.3) is 0 Å². The second kappa shape index (κ2) is 6.47. The summed E-state index contributed by atoms with van der Waals surface area (Å²) in [4.78, 5) is 6.69. The molecule has 0 saturated carbocycles. The number of nitrogens with two attached hydrogens (primary N) is 1. The Labute approximate surface area is 133 Å². The molecule has 0 spiro atoms. The van der Waals surface area contributed by atoms with E-state index in [2.05, 4.69) is 43.0 Å². The average Bonchev–Trinajstić information content (AvgIpc) is 2.69. The van der Waals surface area contributed by atoms with Crippen LogP contribution >= 0.6 is 15.9 Å². The summed E-state index contributed by atoms with van der Waals surface area (Å²) in [6.07, 6.45) is 5.01. The molecule has 2 heterocycles. The van der Waals surface area contributed by atoms with E-state index in [4.69, 9.17) is 5.73 Å². The fourth-order valence-corrected chi connectivity index (χ4v) is 2.89. The lowest BCUT2D eigenvalue weighted by molar-refractivity contribution is 0.680. The van der Waals surface area contributed by atoms with Crippen LogP contribution < -0.4 is 10.6 Å². The van der Waals surface area contributed by atoms with Crippen LogP contribution in [0.25, 0.3) is 0 Å². The van der Waals surface area contributed by atoms with Gasteiger partial charge in [0.05, 0.1) is 6.54 Å². The van der Waals surface area contributed by atoms with Gasteiger partial charge in [0.2, 0.25) is 11.9 Å². The second-order valence-corrected chi connectivity index (χ2v) is 6.37. The molecule has 1 aromatic heterocycles. The van der Waals surface area contributed by atoms with Crippen LogP contribution in [0.2, 0.25) is 0 Å². The third-order valence-corrected chi connectivity index (χ3v) is 4.35. The minimum atomic E-state index is 0.483. The highest BCUT2D eigenvalue weighted by molar-refractivity contribution is 9.10. The van der Waals surface area contributed by atoms with Gasteiger partial charge in [0, 0.05) is 17.6 Å². The summed E-state index contributed by atoms with van der Waals surface area (Å²) in [6.45, 7) is 2.71. The Hall–Kier alpha value is -1.56. The molecule has 21 heavy (non-hydrogen) atoms. The Morgan fingerprint density at radius 3 is 2.38 bits per heavy atom. The van der Waals surface area contributed by atoms with Crippen LogP contribution in [0, 0.1) is 0 Å². The maximum atomic E-state index is 6.02. The summed E-state index contributed by atoms with van der Waals surface area (Å²) in [6, 6.07) is 8.18. The summed E-state index contributed by atoms with van der Waals surface area (Å²) in [5, 5.41) is 4.59. The van der Waals surface area contributed by atoms with E-state index in [-0.39, 0.29) is 0 Å². The van der Waals surface area contributed by atoms with Gasteiger partial charge in [-0.1, -0.05) is 40.9 Å². The first-order valence-electron chi connectivity index (χ1n) is 7.42. The van der Waals surface area contributed by atoms with E-state index >= 15 is 0 Å². The summed E-state index contributed by atoms with van der Waals surface area (Å²) in [7, 11) is 0. The van der Waals surface area contributed by atoms with Crippen molar-refractivity contribution < 1.29 is 0 Å². The molecule has 1 aromatic carbocycles. The predicted octanol–water partition coefficient (Wildman–Crippen LogP) is 3.05. The molecule has 112 valence electrons. The van der Waals surface area contributed by atoms with Crippen molar-refractivity contribution in [2.75, 3.05) is 23.7 Å². The van der Waals surface area contributed by atoms with E-state index in [9.17, 15) is 0 Å². The molecular weight excluding hydrogens is 330 g/mol. The summed E-state index contributed by atoms with van der Waals surface area (Å²) in [5.41, 5.74) is 7.18. The molecule has 5 nitrogen and oxygen atoms in total. The van der Waals surface area contributed by atoms with Gasteiger partial charge in [0.15, 0.2) is 0 Å². The zero-order valence-corrected chi connectivity index (χ0v) is 13.6. The van der Waals surface area contributed by atoms with Gasteiger partial charge in [-0.3, -0.25) is 0 Å². The zero-order valence-electron chi connectivity index (χ0n) is 12.0. The number of halogens is 1. The van der Waals surface area contributed by atoms with Crippen molar-refractivity contribution in [3.05, 3.63) is 34.3 Å². The molecule has 1 aliphatic rings. The Morgan fingerprint density at radius 2 is 1.71 bits per heavy atom. The van der Waals surface area contributed by atoms with Crippen LogP contribution in [0.4, 0.5) is 11.9 Å². The molecule has 2 aromatic rings. The van der Waals surface area contributed by atoms with Crippen LogP contribution in [-0.4, -0.2) is 27.9 Å². The second-order valence-electron chi connectivity index (χ2n) is 5.46. The highest BCUT2D eigenvalue weighted by Gasteiger charge is 2.16. The fourth-order valence-electron chi connectivity index (χ4n) is 2.63. The Balaban J connectivity index is 1.75. The lowest BCUT2D eigenvalue weighted by Crippen LogP contribution is -2.25. The van der Waals surface area contributed by atoms with Gasteiger partial charge in [0.1, 0.15) is 0 Å². The van der Waals surface area contributed by atoms with Gasteiger partial charge in [-0.2, -0.15) is 4.98 Å². The van der Waals surface area contributed by atoms with Gasteiger partial charge in [-0.15, -0.1) is 5.10 Å². The van der Waals surface area contributed by atoms with Crippen molar-refractivity contribution in [3.8, 4) is 0 Å². The maximum Gasteiger partial charge on any atom is 0.246 e. The van der Waals surface area contributed by atoms with E-state index in [0.717, 1.165) is 29.1 Å². The lowest BCUT2D eigenvalue weighted by Gasteiger charge is -2.17. The summed E-state index contributed by atoms with van der Waals surface area (Å²) < 4.78 is 2.85. The monoisotopic (exact) mass is 349 g/mol. The van der Waals surface area contributed by atoms with E-state index in [0.29, 0.717) is 12.5 Å². The number of anilines is 2. The number of nitrogen functional groups attached to an aromatic ring is 1.